The molecule has 0 aliphatic rings. The maximum Gasteiger partial charge on any atom is 0.313 e. The van der Waals surface area contributed by atoms with Crippen LogP contribution in [0.1, 0.15) is 0 Å². The lowest BCUT2D eigenvalue weighted by Crippen LogP contribution is -1.92. The summed E-state index contributed by atoms with van der Waals surface area (Å²) in [5.41, 5.74) is 0. The van der Waals surface area contributed by atoms with Gasteiger partial charge in [-0.2, -0.15) is 25.3 Å². The fourth-order valence-electron chi connectivity index (χ4n) is 0. The quantitative estimate of drug-likeness (QED) is 0.391. The van der Waals surface area contributed by atoms with Gasteiger partial charge in [-0.3, -0.25) is 9.59 Å². The van der Waals surface area contributed by atoms with E-state index in [0.29, 0.717) is 0 Å². The summed E-state index contributed by atoms with van der Waals surface area (Å²) in [6.45, 7) is -0.250. The summed E-state index contributed by atoms with van der Waals surface area (Å²) in [4.78, 5) is 18.6. The Morgan fingerprint density at radius 2 is 1.00 bits per heavy atom. The van der Waals surface area contributed by atoms with E-state index in [2.05, 4.69) is 25.3 Å². The van der Waals surface area contributed by atoms with Crippen LogP contribution in [-0.2, 0) is 9.59 Å². The first-order valence-corrected chi connectivity index (χ1v) is 4.59. The van der Waals surface area contributed by atoms with Crippen molar-refractivity contribution < 1.29 is 30.0 Å². The molecular formula is C6H15BrO6S2. The molecule has 0 atom stereocenters. The highest BCUT2D eigenvalue weighted by molar-refractivity contribution is 8.93. The molecule has 0 spiro atoms. The van der Waals surface area contributed by atoms with Crippen molar-refractivity contribution in [1.82, 2.24) is 0 Å². The number of hydrogen-bond donors (Lipinski definition) is 6. The predicted octanol–water partition coefficient (Wildman–Crippen LogP) is -0.449. The molecule has 9 heteroatoms. The molecule has 0 amide bonds. The van der Waals surface area contributed by atoms with E-state index in [1.165, 1.54) is 0 Å². The monoisotopic (exact) mass is 326 g/mol. The molecule has 4 N–H and O–H groups in total. The second-order valence-corrected chi connectivity index (χ2v) is 2.18. The number of thiol groups is 2. The average Bonchev–Trinajstić information content (AvgIpc) is 2.19. The van der Waals surface area contributed by atoms with E-state index in [9.17, 15) is 9.59 Å². The standard InChI is InChI=1S/2C2H4O2S.C2H6O2.BrH/c2*3-2(4)1-5;3-1-2-4;/h2*5H,1H2,(H,3,4);3-4H,1-2H2;1H. The van der Waals surface area contributed by atoms with Gasteiger partial charge in [0.15, 0.2) is 0 Å². The van der Waals surface area contributed by atoms with Gasteiger partial charge in [-0.1, -0.05) is 0 Å². The maximum absolute atomic E-state index is 9.29. The Kier molecular flexibility index (Phi) is 38.4. The van der Waals surface area contributed by atoms with E-state index in [-0.39, 0.29) is 41.7 Å². The first kappa shape index (κ1) is 24.3. The summed E-state index contributed by atoms with van der Waals surface area (Å²) in [5, 5.41) is 30.5. The third-order valence-corrected chi connectivity index (χ3v) is 0.912. The Morgan fingerprint density at radius 3 is 1.00 bits per heavy atom. The van der Waals surface area contributed by atoms with E-state index in [0.717, 1.165) is 0 Å². The molecular weight excluding hydrogens is 312 g/mol. The second kappa shape index (κ2) is 23.7. The van der Waals surface area contributed by atoms with E-state index in [1.807, 2.05) is 0 Å². The molecule has 0 radical (unpaired) electrons. The lowest BCUT2D eigenvalue weighted by molar-refractivity contribution is -0.134. The molecule has 94 valence electrons. The van der Waals surface area contributed by atoms with Crippen LogP contribution in [0.2, 0.25) is 0 Å². The van der Waals surface area contributed by atoms with Gasteiger partial charge in [0, 0.05) is 0 Å². The zero-order chi connectivity index (χ0) is 12.0. The normalized spacial score (nSPS) is 6.93. The molecule has 0 aromatic rings. The summed E-state index contributed by atoms with van der Waals surface area (Å²) in [6.07, 6.45) is 0. The largest absolute Gasteiger partial charge is 0.481 e. The minimum atomic E-state index is -0.881. The van der Waals surface area contributed by atoms with E-state index >= 15 is 0 Å². The topological polar surface area (TPSA) is 115 Å². The van der Waals surface area contributed by atoms with Gasteiger partial charge < -0.3 is 20.4 Å². The minimum absolute atomic E-state index is 0. The molecule has 0 saturated carbocycles. The van der Waals surface area contributed by atoms with Crippen LogP contribution in [0.3, 0.4) is 0 Å². The first-order valence-electron chi connectivity index (χ1n) is 3.33. The molecule has 0 bridgehead atoms. The molecule has 6 nitrogen and oxygen atoms in total. The van der Waals surface area contributed by atoms with Gasteiger partial charge in [-0.15, -0.1) is 17.0 Å². The molecule has 0 rings (SSSR count). The van der Waals surface area contributed by atoms with E-state index < -0.39 is 11.9 Å². The zero-order valence-corrected chi connectivity index (χ0v) is 11.2. The van der Waals surface area contributed by atoms with Crippen LogP contribution in [0, 0.1) is 0 Å². The summed E-state index contributed by atoms with van der Waals surface area (Å²) in [6, 6.07) is 0. The molecule has 0 unspecified atom stereocenters. The molecule has 0 aliphatic heterocycles. The summed E-state index contributed by atoms with van der Waals surface area (Å²) in [5.74, 6) is -1.93. The van der Waals surface area contributed by atoms with Crippen LogP contribution in [0.25, 0.3) is 0 Å². The van der Waals surface area contributed by atoms with Gasteiger partial charge in [-0.05, 0) is 0 Å². The number of carboxylic acid groups (broad SMARTS) is 2. The Labute approximate surface area is 109 Å². The minimum Gasteiger partial charge on any atom is -0.481 e. The molecule has 0 aromatic carbocycles. The number of aliphatic carboxylic acids is 2. The number of aliphatic hydroxyl groups excluding tert-OH is 2. The lowest BCUT2D eigenvalue weighted by atomic mass is 10.8. The Hall–Kier alpha value is 0.0400. The fourth-order valence-corrected chi connectivity index (χ4v) is 0. The van der Waals surface area contributed by atoms with E-state index in [4.69, 9.17) is 20.4 Å². The van der Waals surface area contributed by atoms with Crippen molar-refractivity contribution in [3.63, 3.8) is 0 Å². The molecule has 0 aliphatic carbocycles. The average molecular weight is 327 g/mol. The van der Waals surface area contributed by atoms with Crippen LogP contribution in [0.4, 0.5) is 0 Å². The third-order valence-electron chi connectivity index (χ3n) is 0.371. The van der Waals surface area contributed by atoms with Crippen LogP contribution in [-0.4, -0.2) is 57.1 Å². The smallest absolute Gasteiger partial charge is 0.313 e. The SMILES string of the molecule is Br.O=C(O)CS.O=C(O)CS.OCCO. The van der Waals surface area contributed by atoms with Gasteiger partial charge >= 0.3 is 11.9 Å². The third kappa shape index (κ3) is 80.1. The van der Waals surface area contributed by atoms with Gasteiger partial charge in [0.1, 0.15) is 0 Å². The number of hydrogen-bond acceptors (Lipinski definition) is 6. The number of aliphatic hydroxyl groups is 2. The Balaban J connectivity index is -0.0000000590. The molecule has 0 fully saturated rings. The summed E-state index contributed by atoms with van der Waals surface area (Å²) < 4.78 is 0. The summed E-state index contributed by atoms with van der Waals surface area (Å²) >= 11 is 6.83. The highest BCUT2D eigenvalue weighted by Crippen LogP contribution is 1.66. The Morgan fingerprint density at radius 1 is 0.867 bits per heavy atom. The van der Waals surface area contributed by atoms with Crippen molar-refractivity contribution in [1.29, 1.82) is 0 Å². The van der Waals surface area contributed by atoms with Crippen LogP contribution in [0.5, 0.6) is 0 Å². The van der Waals surface area contributed by atoms with Crippen molar-refractivity contribution >= 4 is 54.2 Å². The van der Waals surface area contributed by atoms with Crippen molar-refractivity contribution in [2.75, 3.05) is 24.7 Å². The number of halogens is 1. The number of carbonyl (C=O) groups is 2. The van der Waals surface area contributed by atoms with Crippen molar-refractivity contribution in [3.05, 3.63) is 0 Å². The molecule has 0 heterocycles. The van der Waals surface area contributed by atoms with Gasteiger partial charge in [0.05, 0.1) is 24.7 Å². The first-order chi connectivity index (χ1) is 6.45. The Bertz CT molecular complexity index is 130. The molecule has 15 heavy (non-hydrogen) atoms. The highest BCUT2D eigenvalue weighted by atomic mass is 79.9. The van der Waals surface area contributed by atoms with Crippen LogP contribution < -0.4 is 0 Å². The second-order valence-electron chi connectivity index (χ2n) is 1.55. The fraction of sp³-hybridized carbons (Fsp3) is 0.667. The van der Waals surface area contributed by atoms with Crippen molar-refractivity contribution in [3.8, 4) is 0 Å². The van der Waals surface area contributed by atoms with Gasteiger partial charge in [0.2, 0.25) is 0 Å². The number of rotatable bonds is 3. The van der Waals surface area contributed by atoms with E-state index in [1.54, 1.807) is 0 Å². The molecule has 0 aromatic heterocycles. The van der Waals surface area contributed by atoms with Crippen molar-refractivity contribution in [2.24, 2.45) is 0 Å². The van der Waals surface area contributed by atoms with Crippen molar-refractivity contribution in [2.45, 2.75) is 0 Å². The number of carboxylic acids is 2. The lowest BCUT2D eigenvalue weighted by Gasteiger charge is -1.71. The van der Waals surface area contributed by atoms with Crippen LogP contribution >= 0.6 is 42.2 Å². The predicted molar refractivity (Wildman–Crippen MR) is 67.5 cm³/mol. The van der Waals surface area contributed by atoms with Gasteiger partial charge in [0.25, 0.3) is 0 Å². The molecule has 0 saturated heterocycles. The maximum atomic E-state index is 9.29. The summed E-state index contributed by atoms with van der Waals surface area (Å²) in [7, 11) is 0. The highest BCUT2D eigenvalue weighted by Gasteiger charge is 1.82. The van der Waals surface area contributed by atoms with Crippen LogP contribution in [0.15, 0.2) is 0 Å². The van der Waals surface area contributed by atoms with Gasteiger partial charge in [-0.25, -0.2) is 0 Å². The zero-order valence-electron chi connectivity index (χ0n) is 7.74.